The summed E-state index contributed by atoms with van der Waals surface area (Å²) >= 11 is 9.32. The summed E-state index contributed by atoms with van der Waals surface area (Å²) in [5.74, 6) is 0.0320. The molecule has 0 aliphatic heterocycles. The Hall–Kier alpha value is -1.78. The zero-order valence-corrected chi connectivity index (χ0v) is 13.2. The molecule has 3 aromatic rings. The van der Waals surface area contributed by atoms with E-state index in [0.29, 0.717) is 17.2 Å². The topological polar surface area (TPSA) is 42.2 Å². The van der Waals surface area contributed by atoms with E-state index in [2.05, 4.69) is 21.2 Å². The van der Waals surface area contributed by atoms with Crippen LogP contribution >= 0.6 is 27.5 Å². The van der Waals surface area contributed by atoms with Crippen molar-refractivity contribution in [3.05, 3.63) is 69.3 Å². The van der Waals surface area contributed by atoms with Crippen LogP contribution in [-0.4, -0.2) is 5.91 Å². The Morgan fingerprint density at radius 1 is 1.19 bits per heavy atom. The van der Waals surface area contributed by atoms with Gasteiger partial charge in [-0.2, -0.15) is 0 Å². The van der Waals surface area contributed by atoms with Gasteiger partial charge in [-0.15, -0.1) is 0 Å². The number of fused-ring (bicyclic) bond motifs is 1. The van der Waals surface area contributed by atoms with E-state index in [4.69, 9.17) is 16.0 Å². The van der Waals surface area contributed by atoms with Gasteiger partial charge in [-0.1, -0.05) is 39.7 Å². The molecule has 1 aromatic heterocycles. The minimum Gasteiger partial charge on any atom is -0.451 e. The van der Waals surface area contributed by atoms with E-state index in [9.17, 15) is 4.79 Å². The second-order valence-corrected chi connectivity index (χ2v) is 5.96. The third kappa shape index (κ3) is 3.28. The van der Waals surface area contributed by atoms with Crippen LogP contribution in [0.15, 0.2) is 57.4 Å². The second-order valence-electron chi connectivity index (χ2n) is 4.61. The van der Waals surface area contributed by atoms with Gasteiger partial charge in [0.15, 0.2) is 5.76 Å². The predicted octanol–water partition coefficient (Wildman–Crippen LogP) is 4.78. The number of nitrogens with one attached hydrogen (secondary N) is 1. The molecule has 3 rings (SSSR count). The molecule has 21 heavy (non-hydrogen) atoms. The molecule has 0 atom stereocenters. The molecule has 0 aliphatic rings. The van der Waals surface area contributed by atoms with Crippen molar-refractivity contribution in [1.82, 2.24) is 5.32 Å². The number of hydrogen-bond acceptors (Lipinski definition) is 2. The van der Waals surface area contributed by atoms with E-state index in [0.717, 1.165) is 15.4 Å². The van der Waals surface area contributed by atoms with Crippen LogP contribution in [0.3, 0.4) is 0 Å². The SMILES string of the molecule is O=C(NCc1cccc(Br)c1)c1cc2cc(Cl)ccc2o1. The largest absolute Gasteiger partial charge is 0.451 e. The summed E-state index contributed by atoms with van der Waals surface area (Å²) in [6.07, 6.45) is 0. The third-order valence-electron chi connectivity index (χ3n) is 3.04. The highest BCUT2D eigenvalue weighted by Gasteiger charge is 2.12. The maximum absolute atomic E-state index is 12.1. The molecular weight excluding hydrogens is 354 g/mol. The Labute approximate surface area is 135 Å². The molecule has 3 nitrogen and oxygen atoms in total. The fourth-order valence-corrected chi connectivity index (χ4v) is 2.67. The van der Waals surface area contributed by atoms with Crippen LogP contribution in [-0.2, 0) is 6.54 Å². The number of amides is 1. The number of hydrogen-bond donors (Lipinski definition) is 1. The first-order valence-corrected chi connectivity index (χ1v) is 7.51. The molecule has 0 fully saturated rings. The summed E-state index contributed by atoms with van der Waals surface area (Å²) in [5, 5.41) is 4.26. The summed E-state index contributed by atoms with van der Waals surface area (Å²) in [5.41, 5.74) is 1.66. The first kappa shape index (κ1) is 14.2. The summed E-state index contributed by atoms with van der Waals surface area (Å²) in [4.78, 5) is 12.1. The van der Waals surface area contributed by atoms with Crippen LogP contribution in [0.2, 0.25) is 5.02 Å². The van der Waals surface area contributed by atoms with E-state index in [1.807, 2.05) is 24.3 Å². The molecule has 106 valence electrons. The van der Waals surface area contributed by atoms with Gasteiger partial charge in [-0.25, -0.2) is 0 Å². The molecule has 2 aromatic carbocycles. The predicted molar refractivity (Wildman–Crippen MR) is 86.5 cm³/mol. The van der Waals surface area contributed by atoms with Crippen molar-refractivity contribution in [1.29, 1.82) is 0 Å². The van der Waals surface area contributed by atoms with Gasteiger partial charge < -0.3 is 9.73 Å². The summed E-state index contributed by atoms with van der Waals surface area (Å²) in [6, 6.07) is 14.7. The van der Waals surface area contributed by atoms with Crippen LogP contribution in [0.25, 0.3) is 11.0 Å². The molecular formula is C16H11BrClNO2. The molecule has 1 N–H and O–H groups in total. The van der Waals surface area contributed by atoms with Crippen LogP contribution in [0.5, 0.6) is 0 Å². The molecule has 0 bridgehead atoms. The van der Waals surface area contributed by atoms with Gasteiger partial charge in [0, 0.05) is 21.4 Å². The lowest BCUT2D eigenvalue weighted by Crippen LogP contribution is -2.22. The molecule has 0 saturated carbocycles. The highest BCUT2D eigenvalue weighted by atomic mass is 79.9. The van der Waals surface area contributed by atoms with E-state index in [1.165, 1.54) is 0 Å². The van der Waals surface area contributed by atoms with Gasteiger partial charge in [0.05, 0.1) is 0 Å². The monoisotopic (exact) mass is 363 g/mol. The Kier molecular flexibility index (Phi) is 3.99. The number of halogens is 2. The minimum absolute atomic E-state index is 0.248. The van der Waals surface area contributed by atoms with Crippen LogP contribution in [0, 0.1) is 0 Å². The highest BCUT2D eigenvalue weighted by Crippen LogP contribution is 2.23. The number of carbonyl (C=O) groups is 1. The Morgan fingerprint density at radius 3 is 2.86 bits per heavy atom. The van der Waals surface area contributed by atoms with E-state index >= 15 is 0 Å². The van der Waals surface area contributed by atoms with Crippen LogP contribution in [0.1, 0.15) is 16.1 Å². The van der Waals surface area contributed by atoms with Crippen molar-refractivity contribution < 1.29 is 9.21 Å². The van der Waals surface area contributed by atoms with Gasteiger partial charge in [0.1, 0.15) is 5.58 Å². The lowest BCUT2D eigenvalue weighted by atomic mass is 10.2. The number of benzene rings is 2. The van der Waals surface area contributed by atoms with Gasteiger partial charge in [-0.05, 0) is 42.0 Å². The molecule has 1 heterocycles. The molecule has 0 radical (unpaired) electrons. The average Bonchev–Trinajstić information content (AvgIpc) is 2.88. The fourth-order valence-electron chi connectivity index (χ4n) is 2.04. The lowest BCUT2D eigenvalue weighted by molar-refractivity contribution is 0.0925. The Morgan fingerprint density at radius 2 is 2.05 bits per heavy atom. The van der Waals surface area contributed by atoms with Crippen molar-refractivity contribution in [2.45, 2.75) is 6.54 Å². The van der Waals surface area contributed by atoms with E-state index in [1.54, 1.807) is 24.3 Å². The zero-order chi connectivity index (χ0) is 14.8. The molecule has 0 aliphatic carbocycles. The first-order chi connectivity index (χ1) is 10.1. The summed E-state index contributed by atoms with van der Waals surface area (Å²) < 4.78 is 6.50. The standard InChI is InChI=1S/C16H11BrClNO2/c17-12-3-1-2-10(6-12)9-19-16(20)15-8-11-7-13(18)4-5-14(11)21-15/h1-8H,9H2,(H,19,20). The van der Waals surface area contributed by atoms with Crippen molar-refractivity contribution in [2.75, 3.05) is 0 Å². The Balaban J connectivity index is 1.74. The lowest BCUT2D eigenvalue weighted by Gasteiger charge is -2.03. The van der Waals surface area contributed by atoms with Gasteiger partial charge in [0.2, 0.25) is 0 Å². The molecule has 5 heteroatoms. The normalized spacial score (nSPS) is 10.8. The van der Waals surface area contributed by atoms with Crippen molar-refractivity contribution in [3.8, 4) is 0 Å². The number of carbonyl (C=O) groups excluding carboxylic acids is 1. The van der Waals surface area contributed by atoms with Crippen molar-refractivity contribution in [3.63, 3.8) is 0 Å². The van der Waals surface area contributed by atoms with E-state index < -0.39 is 0 Å². The zero-order valence-electron chi connectivity index (χ0n) is 10.9. The van der Waals surface area contributed by atoms with Gasteiger partial charge in [-0.3, -0.25) is 4.79 Å². The maximum atomic E-state index is 12.1. The maximum Gasteiger partial charge on any atom is 0.287 e. The molecule has 0 spiro atoms. The van der Waals surface area contributed by atoms with Gasteiger partial charge in [0.25, 0.3) is 5.91 Å². The highest BCUT2D eigenvalue weighted by molar-refractivity contribution is 9.10. The van der Waals surface area contributed by atoms with Crippen LogP contribution < -0.4 is 5.32 Å². The first-order valence-electron chi connectivity index (χ1n) is 6.33. The molecule has 0 unspecified atom stereocenters. The van der Waals surface area contributed by atoms with E-state index in [-0.39, 0.29) is 11.7 Å². The number of furan rings is 1. The van der Waals surface area contributed by atoms with Crippen molar-refractivity contribution >= 4 is 44.4 Å². The summed E-state index contributed by atoms with van der Waals surface area (Å²) in [6.45, 7) is 0.441. The average molecular weight is 365 g/mol. The minimum atomic E-state index is -0.248. The quantitative estimate of drug-likeness (QED) is 0.727. The summed E-state index contributed by atoms with van der Waals surface area (Å²) in [7, 11) is 0. The smallest absolute Gasteiger partial charge is 0.287 e. The fraction of sp³-hybridized carbons (Fsp3) is 0.0625. The Bertz CT molecular complexity index is 813. The molecule has 1 amide bonds. The third-order valence-corrected chi connectivity index (χ3v) is 3.77. The number of rotatable bonds is 3. The molecule has 0 saturated heterocycles. The van der Waals surface area contributed by atoms with Crippen LogP contribution in [0.4, 0.5) is 0 Å². The van der Waals surface area contributed by atoms with Crippen molar-refractivity contribution in [2.24, 2.45) is 0 Å². The van der Waals surface area contributed by atoms with Gasteiger partial charge >= 0.3 is 0 Å². The second kappa shape index (κ2) is 5.92.